The average molecular weight is 634 g/mol. The maximum Gasteiger partial charge on any atom is 0.247 e. The van der Waals surface area contributed by atoms with Crippen molar-refractivity contribution in [2.45, 2.75) is 75.0 Å². The van der Waals surface area contributed by atoms with Gasteiger partial charge in [0, 0.05) is 5.57 Å². The van der Waals surface area contributed by atoms with Crippen molar-refractivity contribution in [3.63, 3.8) is 0 Å². The molecule has 1 saturated carbocycles. The zero-order valence-electron chi connectivity index (χ0n) is 24.4. The van der Waals surface area contributed by atoms with Gasteiger partial charge in [-0.15, -0.1) is 0 Å². The first kappa shape index (κ1) is 32.8. The van der Waals surface area contributed by atoms with E-state index in [1.54, 1.807) is 30.3 Å². The fourth-order valence-corrected chi connectivity index (χ4v) is 5.42. The fraction of sp³-hybridized carbons (Fsp3) is 0.452. The second kappa shape index (κ2) is 13.8. The average Bonchev–Trinajstić information content (AvgIpc) is 3.63. The van der Waals surface area contributed by atoms with Crippen molar-refractivity contribution in [2.24, 2.45) is 0 Å². The van der Waals surface area contributed by atoms with E-state index in [1.807, 2.05) is 0 Å². The van der Waals surface area contributed by atoms with E-state index in [0.29, 0.717) is 11.3 Å². The Balaban J connectivity index is 1.20. The van der Waals surface area contributed by atoms with Crippen LogP contribution in [0, 0.1) is 0 Å². The number of nitrogens with one attached hydrogen (secondary N) is 1. The van der Waals surface area contributed by atoms with Gasteiger partial charge in [0.25, 0.3) is 0 Å². The van der Waals surface area contributed by atoms with Gasteiger partial charge in [0.05, 0.1) is 6.04 Å². The van der Waals surface area contributed by atoms with Crippen LogP contribution in [0.1, 0.15) is 19.4 Å². The normalized spacial score (nSPS) is 33.7. The molecule has 244 valence electrons. The monoisotopic (exact) mass is 633 g/mol. The van der Waals surface area contributed by atoms with Gasteiger partial charge in [-0.1, -0.05) is 24.3 Å². The number of hydrogen-bond donors (Lipinski definition) is 7. The van der Waals surface area contributed by atoms with Crippen molar-refractivity contribution >= 4 is 12.0 Å². The van der Waals surface area contributed by atoms with E-state index in [9.17, 15) is 39.8 Å². The first-order valence-corrected chi connectivity index (χ1v) is 14.3. The van der Waals surface area contributed by atoms with Crippen LogP contribution in [-0.4, -0.2) is 111 Å². The Hall–Kier alpha value is -3.60. The van der Waals surface area contributed by atoms with Gasteiger partial charge in [-0.3, -0.25) is 4.79 Å². The smallest absolute Gasteiger partial charge is 0.247 e. The van der Waals surface area contributed by atoms with Crippen LogP contribution in [0.4, 0.5) is 4.39 Å². The summed E-state index contributed by atoms with van der Waals surface area (Å²) < 4.78 is 41.9. The number of aromatic hydroxyl groups is 1. The lowest BCUT2D eigenvalue weighted by Crippen LogP contribution is -2.67. The largest absolute Gasteiger partial charge is 0.504 e. The van der Waals surface area contributed by atoms with E-state index in [0.717, 1.165) is 0 Å². The number of para-hydroxylation sites is 1. The Kier molecular flexibility index (Phi) is 10.1. The topological polar surface area (TPSA) is 197 Å². The summed E-state index contributed by atoms with van der Waals surface area (Å²) >= 11 is 0. The second-order valence-corrected chi connectivity index (χ2v) is 11.1. The molecule has 2 aliphatic heterocycles. The molecule has 2 aromatic carbocycles. The highest BCUT2D eigenvalue weighted by Gasteiger charge is 2.53. The first-order valence-electron chi connectivity index (χ1n) is 14.3. The predicted molar refractivity (Wildman–Crippen MR) is 153 cm³/mol. The summed E-state index contributed by atoms with van der Waals surface area (Å²) in [5, 5.41) is 65.4. The predicted octanol–water partition coefficient (Wildman–Crippen LogP) is 0.266. The quantitative estimate of drug-likeness (QED) is 0.187. The number of carbonyl (C=O) groups excluding carboxylic acids is 1. The standard InChI is InChI=1S/C31H36FNO12/c1-14(30(40)33-21-22(35)24(37)29-28(23(21)36)42-13-43-29)10-16-8-9-20(19(34)11-16)44-31-26(39)25(38)27(45-31)15(2)18(32)12-41-17-6-4-3-5-7-17/h3-11,21-29,31,34-39H,12-13H2,1-2H3,(H,33,40)/b14-10+,18-15-/t21-,22+,23-,24-,25+,26+,27-,28+,29-,31-/m1/s1. The van der Waals surface area contributed by atoms with Crippen LogP contribution >= 0.6 is 0 Å². The summed E-state index contributed by atoms with van der Waals surface area (Å²) in [5.41, 5.74) is 0.521. The third-order valence-corrected chi connectivity index (χ3v) is 8.05. The lowest BCUT2D eigenvalue weighted by atomic mass is 9.83. The molecule has 3 aliphatic rings. The number of ether oxygens (including phenoxy) is 5. The van der Waals surface area contributed by atoms with E-state index in [2.05, 4.69) is 5.32 Å². The molecule has 2 aromatic rings. The highest BCUT2D eigenvalue weighted by Crippen LogP contribution is 2.35. The van der Waals surface area contributed by atoms with Gasteiger partial charge in [0.2, 0.25) is 12.2 Å². The third kappa shape index (κ3) is 6.98. The van der Waals surface area contributed by atoms with E-state index in [-0.39, 0.29) is 29.4 Å². The molecule has 2 saturated heterocycles. The Morgan fingerprint density at radius 3 is 2.33 bits per heavy atom. The molecular formula is C31H36FNO12. The minimum Gasteiger partial charge on any atom is -0.504 e. The number of halogens is 1. The number of carbonyl (C=O) groups is 1. The molecule has 0 bridgehead atoms. The van der Waals surface area contributed by atoms with E-state index in [1.165, 1.54) is 38.1 Å². The summed E-state index contributed by atoms with van der Waals surface area (Å²) in [4.78, 5) is 12.9. The van der Waals surface area contributed by atoms with E-state index in [4.69, 9.17) is 23.7 Å². The number of hydrogen-bond acceptors (Lipinski definition) is 12. The van der Waals surface area contributed by atoms with Crippen LogP contribution in [0.5, 0.6) is 17.2 Å². The number of fused-ring (bicyclic) bond motifs is 1. The summed E-state index contributed by atoms with van der Waals surface area (Å²) in [6, 6.07) is 11.5. The molecule has 7 N–H and O–H groups in total. The molecule has 1 amide bonds. The number of benzene rings is 2. The van der Waals surface area contributed by atoms with Crippen molar-refractivity contribution in [2.75, 3.05) is 13.4 Å². The Bertz CT molecular complexity index is 1420. The SMILES string of the molecule is C/C(=C(/F)COc1ccccc1)[C@H]1O[C@@H](Oc2ccc(/C=C(\C)C(=O)N[C@@H]3[C@H](O)[C@@H](O)[C@H]4OCO[C@H]4[C@@H]3O)cc2O)[C@@H](O)[C@@H]1O. The molecule has 10 atom stereocenters. The number of phenolic OH excluding ortho intramolecular Hbond substituents is 1. The zero-order chi connectivity index (χ0) is 32.4. The maximum atomic E-state index is 14.8. The van der Waals surface area contributed by atoms with Crippen molar-refractivity contribution in [1.29, 1.82) is 0 Å². The van der Waals surface area contributed by atoms with Crippen molar-refractivity contribution in [3.05, 3.63) is 71.1 Å². The Morgan fingerprint density at radius 2 is 1.64 bits per heavy atom. The highest BCUT2D eigenvalue weighted by atomic mass is 19.1. The number of aliphatic hydroxyl groups excluding tert-OH is 5. The number of amides is 1. The lowest BCUT2D eigenvalue weighted by Gasteiger charge is -2.41. The van der Waals surface area contributed by atoms with Crippen LogP contribution in [0.15, 0.2) is 65.5 Å². The molecule has 13 nitrogen and oxygen atoms in total. The van der Waals surface area contributed by atoms with E-state index < -0.39 is 79.5 Å². The molecular weight excluding hydrogens is 597 g/mol. The third-order valence-electron chi connectivity index (χ3n) is 8.05. The van der Waals surface area contributed by atoms with Gasteiger partial charge in [-0.25, -0.2) is 4.39 Å². The summed E-state index contributed by atoms with van der Waals surface area (Å²) in [7, 11) is 0. The number of phenols is 1. The summed E-state index contributed by atoms with van der Waals surface area (Å²) in [6.45, 7) is 2.29. The van der Waals surface area contributed by atoms with Crippen LogP contribution < -0.4 is 14.8 Å². The van der Waals surface area contributed by atoms with Gasteiger partial charge in [-0.05, 0) is 55.3 Å². The molecule has 0 aromatic heterocycles. The molecule has 3 fully saturated rings. The molecule has 0 unspecified atom stereocenters. The number of aliphatic hydroxyl groups is 5. The van der Waals surface area contributed by atoms with Crippen LogP contribution in [-0.2, 0) is 19.0 Å². The molecule has 0 radical (unpaired) electrons. The minimum atomic E-state index is -1.57. The first-order chi connectivity index (χ1) is 21.5. The van der Waals surface area contributed by atoms with Crippen molar-refractivity contribution in [3.8, 4) is 17.2 Å². The molecule has 5 rings (SSSR count). The van der Waals surface area contributed by atoms with Gasteiger partial charge >= 0.3 is 0 Å². The summed E-state index contributed by atoms with van der Waals surface area (Å²) in [6.07, 6.45) is -10.4. The second-order valence-electron chi connectivity index (χ2n) is 11.1. The summed E-state index contributed by atoms with van der Waals surface area (Å²) in [5.74, 6) is -1.39. The molecule has 45 heavy (non-hydrogen) atoms. The molecule has 1 aliphatic carbocycles. The van der Waals surface area contributed by atoms with Gasteiger partial charge in [0.1, 0.15) is 73.8 Å². The van der Waals surface area contributed by atoms with E-state index >= 15 is 0 Å². The minimum absolute atomic E-state index is 0.00809. The van der Waals surface area contributed by atoms with Crippen LogP contribution in [0.2, 0.25) is 0 Å². The van der Waals surface area contributed by atoms with Crippen LogP contribution in [0.25, 0.3) is 6.08 Å². The Labute approximate surface area is 257 Å². The van der Waals surface area contributed by atoms with Gasteiger partial charge < -0.3 is 59.6 Å². The molecule has 14 heteroatoms. The van der Waals surface area contributed by atoms with Gasteiger partial charge in [-0.2, -0.15) is 0 Å². The lowest BCUT2D eigenvalue weighted by molar-refractivity contribution is -0.155. The van der Waals surface area contributed by atoms with Crippen molar-refractivity contribution < 1.29 is 63.5 Å². The van der Waals surface area contributed by atoms with Crippen molar-refractivity contribution in [1.82, 2.24) is 5.32 Å². The zero-order valence-corrected chi connectivity index (χ0v) is 24.4. The van der Waals surface area contributed by atoms with Gasteiger partial charge in [0.15, 0.2) is 11.5 Å². The molecule has 0 spiro atoms. The number of rotatable bonds is 9. The maximum absolute atomic E-state index is 14.8. The molecule has 2 heterocycles. The highest BCUT2D eigenvalue weighted by molar-refractivity contribution is 5.97. The fourth-order valence-electron chi connectivity index (χ4n) is 5.42. The van der Waals surface area contributed by atoms with Crippen LogP contribution in [0.3, 0.4) is 0 Å². The Morgan fingerprint density at radius 1 is 0.956 bits per heavy atom.